The summed E-state index contributed by atoms with van der Waals surface area (Å²) in [5.74, 6) is -1.04. The number of carbonyl (C=O) groups is 1. The molecule has 0 unspecified atom stereocenters. The first-order valence-corrected chi connectivity index (χ1v) is 9.00. The van der Waals surface area contributed by atoms with Crippen LogP contribution in [0.1, 0.15) is 17.0 Å². The standard InChI is InChI=1S/C21H15FN2OS/c22-16-12-7-13-17-19(16)23-21(26-17)24-20(25)18(14-8-3-1-4-9-14)15-10-5-2-6-11-15/h1-13,18H,(H,23,24,25). The van der Waals surface area contributed by atoms with E-state index in [0.717, 1.165) is 11.1 Å². The molecule has 4 rings (SSSR count). The summed E-state index contributed by atoms with van der Waals surface area (Å²) in [5.41, 5.74) is 2.07. The maximum Gasteiger partial charge on any atom is 0.238 e. The van der Waals surface area contributed by atoms with E-state index in [0.29, 0.717) is 9.83 Å². The number of hydrogen-bond acceptors (Lipinski definition) is 3. The molecular formula is C21H15FN2OS. The fourth-order valence-electron chi connectivity index (χ4n) is 2.93. The predicted molar refractivity (Wildman–Crippen MR) is 103 cm³/mol. The van der Waals surface area contributed by atoms with Crippen molar-refractivity contribution in [3.05, 3.63) is 95.8 Å². The van der Waals surface area contributed by atoms with Crippen LogP contribution >= 0.6 is 11.3 Å². The first-order valence-electron chi connectivity index (χ1n) is 8.18. The normalized spacial score (nSPS) is 11.0. The first-order chi connectivity index (χ1) is 12.7. The molecule has 0 atom stereocenters. The highest BCUT2D eigenvalue weighted by atomic mass is 32.1. The van der Waals surface area contributed by atoms with Crippen molar-refractivity contribution in [2.75, 3.05) is 5.32 Å². The van der Waals surface area contributed by atoms with Gasteiger partial charge in [-0.1, -0.05) is 78.1 Å². The molecule has 5 heteroatoms. The molecule has 0 aliphatic carbocycles. The Morgan fingerprint density at radius 1 is 0.885 bits per heavy atom. The lowest BCUT2D eigenvalue weighted by Crippen LogP contribution is -2.22. The lowest BCUT2D eigenvalue weighted by Gasteiger charge is -2.16. The Morgan fingerprint density at radius 3 is 2.08 bits per heavy atom. The number of benzene rings is 3. The van der Waals surface area contributed by atoms with Gasteiger partial charge in [-0.2, -0.15) is 0 Å². The molecule has 0 fully saturated rings. The SMILES string of the molecule is O=C(Nc1nc2c(F)cccc2s1)C(c1ccccc1)c1ccccc1. The highest BCUT2D eigenvalue weighted by Crippen LogP contribution is 2.30. The van der Waals surface area contributed by atoms with Crippen LogP contribution in [0.3, 0.4) is 0 Å². The van der Waals surface area contributed by atoms with Crippen molar-refractivity contribution in [1.82, 2.24) is 4.98 Å². The third-order valence-electron chi connectivity index (χ3n) is 4.13. The van der Waals surface area contributed by atoms with Gasteiger partial charge in [0.25, 0.3) is 0 Å². The topological polar surface area (TPSA) is 42.0 Å². The number of carbonyl (C=O) groups excluding carboxylic acids is 1. The Morgan fingerprint density at radius 2 is 1.50 bits per heavy atom. The number of nitrogens with one attached hydrogen (secondary N) is 1. The van der Waals surface area contributed by atoms with Gasteiger partial charge >= 0.3 is 0 Å². The van der Waals surface area contributed by atoms with Crippen molar-refractivity contribution >= 4 is 32.6 Å². The molecule has 0 aliphatic heterocycles. The number of nitrogens with zero attached hydrogens (tertiary/aromatic N) is 1. The zero-order chi connectivity index (χ0) is 17.9. The van der Waals surface area contributed by atoms with Gasteiger partial charge in [0.1, 0.15) is 11.3 Å². The van der Waals surface area contributed by atoms with Crippen LogP contribution in [0.2, 0.25) is 0 Å². The molecule has 1 aromatic heterocycles. The van der Waals surface area contributed by atoms with Crippen LogP contribution in [-0.2, 0) is 4.79 Å². The maximum absolute atomic E-state index is 13.9. The number of rotatable bonds is 4. The Balaban J connectivity index is 1.69. The van der Waals surface area contributed by atoms with E-state index in [1.54, 1.807) is 12.1 Å². The molecule has 3 aromatic carbocycles. The van der Waals surface area contributed by atoms with Crippen LogP contribution in [0.4, 0.5) is 9.52 Å². The molecule has 128 valence electrons. The fraction of sp³-hybridized carbons (Fsp3) is 0.0476. The summed E-state index contributed by atoms with van der Waals surface area (Å²) in [6.45, 7) is 0. The van der Waals surface area contributed by atoms with E-state index in [1.807, 2.05) is 60.7 Å². The van der Waals surface area contributed by atoms with Crippen LogP contribution < -0.4 is 5.32 Å². The van der Waals surface area contributed by atoms with Gasteiger partial charge < -0.3 is 5.32 Å². The summed E-state index contributed by atoms with van der Waals surface area (Å²) in [4.78, 5) is 17.3. The van der Waals surface area contributed by atoms with E-state index < -0.39 is 5.92 Å². The summed E-state index contributed by atoms with van der Waals surface area (Å²) in [6, 6.07) is 24.0. The van der Waals surface area contributed by atoms with E-state index in [-0.39, 0.29) is 17.2 Å². The third-order valence-corrected chi connectivity index (χ3v) is 5.06. The van der Waals surface area contributed by atoms with Crippen molar-refractivity contribution in [2.45, 2.75) is 5.92 Å². The average molecular weight is 362 g/mol. The van der Waals surface area contributed by atoms with E-state index in [1.165, 1.54) is 17.4 Å². The number of amides is 1. The monoisotopic (exact) mass is 362 g/mol. The van der Waals surface area contributed by atoms with Crippen molar-refractivity contribution in [3.8, 4) is 0 Å². The summed E-state index contributed by atoms with van der Waals surface area (Å²) in [6.07, 6.45) is 0. The second kappa shape index (κ2) is 7.06. The van der Waals surface area contributed by atoms with Crippen LogP contribution in [0.15, 0.2) is 78.9 Å². The molecular weight excluding hydrogens is 347 g/mol. The van der Waals surface area contributed by atoms with E-state index in [9.17, 15) is 9.18 Å². The molecule has 0 radical (unpaired) electrons. The largest absolute Gasteiger partial charge is 0.301 e. The minimum Gasteiger partial charge on any atom is -0.301 e. The minimum absolute atomic E-state index is 0.193. The molecule has 3 nitrogen and oxygen atoms in total. The number of halogens is 1. The Hall–Kier alpha value is -3.05. The lowest BCUT2D eigenvalue weighted by molar-refractivity contribution is -0.116. The molecule has 1 N–H and O–H groups in total. The van der Waals surface area contributed by atoms with Gasteiger partial charge in [0.15, 0.2) is 5.13 Å². The molecule has 0 spiro atoms. The number of para-hydroxylation sites is 1. The Bertz CT molecular complexity index is 1010. The van der Waals surface area contributed by atoms with E-state index in [4.69, 9.17) is 0 Å². The maximum atomic E-state index is 13.9. The van der Waals surface area contributed by atoms with Crippen molar-refractivity contribution in [1.29, 1.82) is 0 Å². The molecule has 4 aromatic rings. The summed E-state index contributed by atoms with van der Waals surface area (Å²) in [7, 11) is 0. The zero-order valence-corrected chi connectivity index (χ0v) is 14.5. The van der Waals surface area contributed by atoms with Crippen LogP contribution in [0, 0.1) is 5.82 Å². The molecule has 0 saturated heterocycles. The quantitative estimate of drug-likeness (QED) is 0.542. The van der Waals surface area contributed by atoms with Gasteiger partial charge in [-0.3, -0.25) is 4.79 Å². The average Bonchev–Trinajstić information content (AvgIpc) is 3.07. The molecule has 1 amide bonds. The van der Waals surface area contributed by atoms with Crippen LogP contribution in [0.5, 0.6) is 0 Å². The number of hydrogen-bond donors (Lipinski definition) is 1. The predicted octanol–water partition coefficient (Wildman–Crippen LogP) is 5.21. The molecule has 0 saturated carbocycles. The van der Waals surface area contributed by atoms with E-state index >= 15 is 0 Å². The number of fused-ring (bicyclic) bond motifs is 1. The van der Waals surface area contributed by atoms with Gasteiger partial charge in [0, 0.05) is 0 Å². The highest BCUT2D eigenvalue weighted by Gasteiger charge is 2.23. The lowest BCUT2D eigenvalue weighted by atomic mass is 9.90. The molecule has 0 aliphatic rings. The van der Waals surface area contributed by atoms with Gasteiger partial charge in [0.05, 0.1) is 10.6 Å². The summed E-state index contributed by atoms with van der Waals surface area (Å²) in [5, 5.41) is 3.25. The molecule has 1 heterocycles. The number of aromatic nitrogens is 1. The Labute approximate surface area is 154 Å². The van der Waals surface area contributed by atoms with Crippen molar-refractivity contribution < 1.29 is 9.18 Å². The highest BCUT2D eigenvalue weighted by molar-refractivity contribution is 7.22. The second-order valence-corrected chi connectivity index (χ2v) is 6.88. The Kier molecular flexibility index (Phi) is 4.46. The third kappa shape index (κ3) is 3.21. The number of thiazole rings is 1. The minimum atomic E-state index is -0.464. The van der Waals surface area contributed by atoms with Crippen molar-refractivity contribution in [2.24, 2.45) is 0 Å². The molecule has 0 bridgehead atoms. The van der Waals surface area contributed by atoms with Gasteiger partial charge in [-0.05, 0) is 23.3 Å². The molecule has 26 heavy (non-hydrogen) atoms. The van der Waals surface area contributed by atoms with Gasteiger partial charge in [0.2, 0.25) is 5.91 Å². The zero-order valence-electron chi connectivity index (χ0n) is 13.7. The van der Waals surface area contributed by atoms with Gasteiger partial charge in [-0.25, -0.2) is 9.37 Å². The van der Waals surface area contributed by atoms with Gasteiger partial charge in [-0.15, -0.1) is 0 Å². The first kappa shape index (κ1) is 16.4. The second-order valence-electron chi connectivity index (χ2n) is 5.85. The van der Waals surface area contributed by atoms with Crippen molar-refractivity contribution in [3.63, 3.8) is 0 Å². The van der Waals surface area contributed by atoms with Crippen LogP contribution in [0.25, 0.3) is 10.2 Å². The number of anilines is 1. The smallest absolute Gasteiger partial charge is 0.238 e. The summed E-state index contributed by atoms with van der Waals surface area (Å²) < 4.78 is 14.6. The summed E-state index contributed by atoms with van der Waals surface area (Å²) >= 11 is 1.26. The van der Waals surface area contributed by atoms with Crippen LogP contribution in [-0.4, -0.2) is 10.9 Å². The van der Waals surface area contributed by atoms with E-state index in [2.05, 4.69) is 10.3 Å². The fourth-order valence-corrected chi connectivity index (χ4v) is 3.82.